The van der Waals surface area contributed by atoms with Gasteiger partial charge in [-0.05, 0) is 94.8 Å². The molecule has 0 saturated heterocycles. The minimum absolute atomic E-state index is 0.208. The summed E-state index contributed by atoms with van der Waals surface area (Å²) in [6, 6.07) is 6.58. The minimum Gasteiger partial charge on any atom is -0.381 e. The molecule has 1 aromatic carbocycles. The van der Waals surface area contributed by atoms with Gasteiger partial charge in [-0.2, -0.15) is 0 Å². The summed E-state index contributed by atoms with van der Waals surface area (Å²) < 4.78 is 13.9. The first kappa shape index (κ1) is 24.8. The molecule has 1 aromatic rings. The van der Waals surface area contributed by atoms with Crippen molar-refractivity contribution in [2.24, 2.45) is 4.99 Å². The van der Waals surface area contributed by atoms with E-state index in [1.807, 2.05) is 19.9 Å². The molecule has 0 unspecified atom stereocenters. The number of hydrogen-bond donors (Lipinski definition) is 2. The summed E-state index contributed by atoms with van der Waals surface area (Å²) in [6.07, 6.45) is 8.28. The van der Waals surface area contributed by atoms with Crippen LogP contribution in [-0.2, 0) is 6.42 Å². The molecule has 2 N–H and O–H groups in total. The van der Waals surface area contributed by atoms with E-state index in [-0.39, 0.29) is 5.70 Å². The van der Waals surface area contributed by atoms with Gasteiger partial charge in [0.1, 0.15) is 5.67 Å². The Morgan fingerprint density at radius 3 is 2.35 bits per heavy atom. The number of aliphatic imine (C=N–C) groups is 1. The van der Waals surface area contributed by atoms with Crippen LogP contribution in [-0.4, -0.2) is 31.0 Å². The van der Waals surface area contributed by atoms with E-state index in [2.05, 4.69) is 60.6 Å². The third-order valence-electron chi connectivity index (χ3n) is 6.06. The summed E-state index contributed by atoms with van der Waals surface area (Å²) in [5.41, 5.74) is 5.33. The highest BCUT2D eigenvalue weighted by Crippen LogP contribution is 2.39. The van der Waals surface area contributed by atoms with Crippen molar-refractivity contribution >= 4 is 17.5 Å². The van der Waals surface area contributed by atoms with Gasteiger partial charge in [0.05, 0.1) is 5.70 Å². The van der Waals surface area contributed by atoms with Crippen LogP contribution in [0.3, 0.4) is 0 Å². The molecule has 2 rings (SSSR count). The van der Waals surface area contributed by atoms with Gasteiger partial charge in [0.25, 0.3) is 0 Å². The largest absolute Gasteiger partial charge is 0.381 e. The number of nitrogens with one attached hydrogen (secondary N) is 2. The highest BCUT2D eigenvalue weighted by molar-refractivity contribution is 5.80. The highest BCUT2D eigenvalue weighted by Gasteiger charge is 2.40. The number of halogens is 1. The van der Waals surface area contributed by atoms with E-state index in [1.54, 1.807) is 6.21 Å². The van der Waals surface area contributed by atoms with E-state index < -0.39 is 5.67 Å². The third kappa shape index (κ3) is 7.32. The Labute approximate surface area is 187 Å². The molecule has 1 fully saturated rings. The van der Waals surface area contributed by atoms with Crippen molar-refractivity contribution in [1.29, 1.82) is 0 Å². The summed E-state index contributed by atoms with van der Waals surface area (Å²) in [5.74, 6) is 0. The van der Waals surface area contributed by atoms with E-state index in [0.29, 0.717) is 12.1 Å². The summed E-state index contributed by atoms with van der Waals surface area (Å²) in [6.45, 7) is 19.5. The van der Waals surface area contributed by atoms with Crippen LogP contribution in [0, 0.1) is 0 Å². The smallest absolute Gasteiger partial charge is 0.146 e. The number of hydrogen-bond acceptors (Lipinski definition) is 3. The molecule has 4 heteroatoms. The molecule has 0 amide bonds. The Kier molecular flexibility index (Phi) is 8.19. The number of aryl methyl sites for hydroxylation is 1. The predicted molar refractivity (Wildman–Crippen MR) is 134 cm³/mol. The molecule has 1 aliphatic carbocycles. The average Bonchev–Trinajstić information content (AvgIpc) is 3.51. The van der Waals surface area contributed by atoms with Crippen LogP contribution in [0.5, 0.6) is 0 Å². The van der Waals surface area contributed by atoms with Crippen molar-refractivity contribution in [2.45, 2.75) is 64.6 Å². The van der Waals surface area contributed by atoms with Crippen molar-refractivity contribution in [1.82, 2.24) is 10.6 Å². The van der Waals surface area contributed by atoms with E-state index in [9.17, 15) is 4.39 Å². The zero-order chi connectivity index (χ0) is 23.2. The molecule has 0 spiro atoms. The molecule has 3 nitrogen and oxygen atoms in total. The second-order valence-electron chi connectivity index (χ2n) is 9.10. The molecular formula is C27H38FN3. The van der Waals surface area contributed by atoms with Crippen molar-refractivity contribution in [3.05, 3.63) is 72.0 Å². The Bertz CT molecular complexity index is 896. The maximum atomic E-state index is 13.9. The van der Waals surface area contributed by atoms with Crippen molar-refractivity contribution in [2.75, 3.05) is 13.6 Å². The van der Waals surface area contributed by atoms with Gasteiger partial charge in [0.2, 0.25) is 0 Å². The van der Waals surface area contributed by atoms with Gasteiger partial charge >= 0.3 is 0 Å². The molecule has 0 aliphatic heterocycles. The molecule has 0 heterocycles. The standard InChI is InChI=1S/C27H38FN3/c1-9-22(18-31-21(5)26(6,7)28)17-30-20(4)25-15-23(14-24(16-25)19(2)3)10-11-27(29-8)12-13-27/h9,14-16,18,29-30H,2,4-5,10-13,17H2,1,3,6-8H3/b22-9-,31-18-. The van der Waals surface area contributed by atoms with Crippen molar-refractivity contribution in [3.8, 4) is 0 Å². The SMILES string of the molecule is C=C(C)c1cc(CCC2(NC)CC2)cc(C(=C)NCC(/C=N\C(=C)C(C)(C)F)=C/C)c1. The van der Waals surface area contributed by atoms with E-state index in [0.717, 1.165) is 40.8 Å². The molecule has 0 bridgehead atoms. The van der Waals surface area contributed by atoms with Gasteiger partial charge in [-0.25, -0.2) is 4.39 Å². The number of nitrogens with zero attached hydrogens (tertiary/aromatic N) is 1. The molecule has 0 aromatic heterocycles. The molecular weight excluding hydrogens is 385 g/mol. The minimum atomic E-state index is -1.53. The van der Waals surface area contributed by atoms with Crippen LogP contribution in [0.15, 0.2) is 60.3 Å². The van der Waals surface area contributed by atoms with E-state index in [1.165, 1.54) is 32.3 Å². The number of alkyl halides is 1. The van der Waals surface area contributed by atoms with Gasteiger partial charge in [-0.3, -0.25) is 4.99 Å². The van der Waals surface area contributed by atoms with Crippen molar-refractivity contribution < 1.29 is 4.39 Å². The molecule has 1 aliphatic rings. The fourth-order valence-electron chi connectivity index (χ4n) is 3.26. The first-order valence-electron chi connectivity index (χ1n) is 11.0. The third-order valence-corrected chi connectivity index (χ3v) is 6.06. The van der Waals surface area contributed by atoms with Crippen LogP contribution < -0.4 is 10.6 Å². The molecule has 1 saturated carbocycles. The van der Waals surface area contributed by atoms with Gasteiger partial charge < -0.3 is 10.6 Å². The Morgan fingerprint density at radius 1 is 1.19 bits per heavy atom. The van der Waals surface area contributed by atoms with E-state index >= 15 is 0 Å². The lowest BCUT2D eigenvalue weighted by Gasteiger charge is -2.17. The van der Waals surface area contributed by atoms with Gasteiger partial charge in [-0.1, -0.05) is 37.5 Å². The lowest BCUT2D eigenvalue weighted by Crippen LogP contribution is -2.27. The zero-order valence-electron chi connectivity index (χ0n) is 19.9. The summed E-state index contributed by atoms with van der Waals surface area (Å²) >= 11 is 0. The van der Waals surface area contributed by atoms with Crippen molar-refractivity contribution in [3.63, 3.8) is 0 Å². The summed E-state index contributed by atoms with van der Waals surface area (Å²) in [5, 5.41) is 6.85. The topological polar surface area (TPSA) is 36.4 Å². The van der Waals surface area contributed by atoms with Crippen LogP contribution >= 0.6 is 0 Å². The average molecular weight is 424 g/mol. The van der Waals surface area contributed by atoms with Crippen LogP contribution in [0.1, 0.15) is 63.6 Å². The van der Waals surface area contributed by atoms with E-state index in [4.69, 9.17) is 0 Å². The Balaban J connectivity index is 2.08. The second kappa shape index (κ2) is 10.2. The molecule has 168 valence electrons. The van der Waals surface area contributed by atoms with Gasteiger partial charge in [0, 0.05) is 24.0 Å². The summed E-state index contributed by atoms with van der Waals surface area (Å²) in [4.78, 5) is 4.18. The molecule has 0 radical (unpaired) electrons. The second-order valence-corrected chi connectivity index (χ2v) is 9.10. The first-order chi connectivity index (χ1) is 14.5. The highest BCUT2D eigenvalue weighted by atomic mass is 19.1. The van der Waals surface area contributed by atoms with Gasteiger partial charge in [-0.15, -0.1) is 0 Å². The quantitative estimate of drug-likeness (QED) is 0.390. The van der Waals surface area contributed by atoms with Gasteiger partial charge in [0.15, 0.2) is 0 Å². The normalized spacial score (nSPS) is 15.7. The lowest BCUT2D eigenvalue weighted by molar-refractivity contribution is 0.267. The number of rotatable bonds is 12. The predicted octanol–water partition coefficient (Wildman–Crippen LogP) is 6.24. The monoisotopic (exact) mass is 423 g/mol. The fraction of sp³-hybridized carbons (Fsp3) is 0.444. The lowest BCUT2D eigenvalue weighted by atomic mass is 9.96. The maximum absolute atomic E-state index is 13.9. The first-order valence-corrected chi connectivity index (χ1v) is 11.0. The fourth-order valence-corrected chi connectivity index (χ4v) is 3.26. The summed E-state index contributed by atoms with van der Waals surface area (Å²) in [7, 11) is 2.06. The Morgan fingerprint density at radius 2 is 1.84 bits per heavy atom. The number of allylic oxidation sites excluding steroid dienone is 3. The number of benzene rings is 1. The Hall–Kier alpha value is -2.46. The van der Waals surface area contributed by atoms with Crippen LogP contribution in [0.25, 0.3) is 11.3 Å². The zero-order valence-corrected chi connectivity index (χ0v) is 19.9. The van der Waals surface area contributed by atoms with Crippen LogP contribution in [0.2, 0.25) is 0 Å². The maximum Gasteiger partial charge on any atom is 0.146 e. The molecule has 0 atom stereocenters. The van der Waals surface area contributed by atoms with Crippen LogP contribution in [0.4, 0.5) is 4.39 Å². The molecule has 31 heavy (non-hydrogen) atoms.